The van der Waals surface area contributed by atoms with Crippen LogP contribution in [0.25, 0.3) is 0 Å². The lowest BCUT2D eigenvalue weighted by Crippen LogP contribution is -2.55. The van der Waals surface area contributed by atoms with Crippen molar-refractivity contribution < 1.29 is 28.7 Å². The quantitative estimate of drug-likeness (QED) is 0.242. The fourth-order valence-electron chi connectivity index (χ4n) is 3.52. The van der Waals surface area contributed by atoms with E-state index in [4.69, 9.17) is 15.9 Å². The Balaban J connectivity index is 3.41. The largest absolute Gasteiger partial charge is 0.466 e. The number of alkyl carbamates (subject to hydrolysis) is 1. The number of nitrogens with one attached hydrogen (secondary N) is 2. The van der Waals surface area contributed by atoms with E-state index in [9.17, 15) is 24.4 Å². The monoisotopic (exact) mass is 526 g/mol. The molecule has 0 aliphatic heterocycles. The summed E-state index contributed by atoms with van der Waals surface area (Å²) in [5.41, 5.74) is 0.179. The van der Waals surface area contributed by atoms with Crippen LogP contribution in [-0.2, 0) is 23.9 Å². The number of benzene rings is 1. The molecule has 0 radical (unpaired) electrons. The van der Waals surface area contributed by atoms with Crippen molar-refractivity contribution in [3.8, 4) is 18.4 Å². The molecule has 1 aromatic rings. The number of hydrogen-bond acceptors (Lipinski definition) is 7. The highest BCUT2D eigenvalue weighted by Gasteiger charge is 2.38. The highest BCUT2D eigenvalue weighted by atomic mass is 16.6. The first-order valence-electron chi connectivity index (χ1n) is 12.5. The molecule has 1 aromatic carbocycles. The van der Waals surface area contributed by atoms with Gasteiger partial charge < -0.3 is 25.0 Å². The number of carbonyl (C=O) groups excluding carboxylic acids is 4. The predicted molar refractivity (Wildman–Crippen MR) is 141 cm³/mol. The van der Waals surface area contributed by atoms with Crippen LogP contribution in [0.15, 0.2) is 24.3 Å². The molecule has 0 spiro atoms. The van der Waals surface area contributed by atoms with E-state index < -0.39 is 48.1 Å². The maximum absolute atomic E-state index is 13.9. The smallest absolute Gasteiger partial charge is 0.408 e. The topological polar surface area (TPSA) is 138 Å². The van der Waals surface area contributed by atoms with Gasteiger partial charge in [-0.15, -0.1) is 6.42 Å². The summed E-state index contributed by atoms with van der Waals surface area (Å²) in [6.07, 6.45) is 5.13. The number of carbonyl (C=O) groups is 4. The van der Waals surface area contributed by atoms with Gasteiger partial charge in [-0.2, -0.15) is 5.26 Å². The van der Waals surface area contributed by atoms with Gasteiger partial charge in [0.05, 0.1) is 19.1 Å². The van der Waals surface area contributed by atoms with Crippen molar-refractivity contribution in [2.75, 3.05) is 19.7 Å². The van der Waals surface area contributed by atoms with Crippen LogP contribution in [0, 0.1) is 29.6 Å². The molecule has 0 heterocycles. The molecule has 38 heavy (non-hydrogen) atoms. The zero-order valence-electron chi connectivity index (χ0n) is 23.0. The van der Waals surface area contributed by atoms with Crippen LogP contribution in [-0.4, -0.2) is 60.1 Å². The lowest BCUT2D eigenvalue weighted by molar-refractivity contribution is -0.144. The highest BCUT2D eigenvalue weighted by Crippen LogP contribution is 2.25. The van der Waals surface area contributed by atoms with E-state index in [1.165, 1.54) is 0 Å². The van der Waals surface area contributed by atoms with E-state index in [2.05, 4.69) is 16.6 Å². The number of amides is 3. The Morgan fingerprint density at radius 2 is 1.76 bits per heavy atom. The van der Waals surface area contributed by atoms with Crippen LogP contribution in [0.3, 0.4) is 0 Å². The minimum Gasteiger partial charge on any atom is -0.466 e. The van der Waals surface area contributed by atoms with Crippen molar-refractivity contribution in [3.63, 3.8) is 0 Å². The lowest BCUT2D eigenvalue weighted by Gasteiger charge is -2.34. The Kier molecular flexibility index (Phi) is 12.8. The molecule has 10 heteroatoms. The third-order valence-corrected chi connectivity index (χ3v) is 5.56. The minimum atomic E-state index is -1.23. The van der Waals surface area contributed by atoms with E-state index >= 15 is 0 Å². The molecule has 3 atom stereocenters. The molecule has 0 saturated carbocycles. The average Bonchev–Trinajstić information content (AvgIpc) is 2.85. The number of hydrogen-bond donors (Lipinski definition) is 2. The van der Waals surface area contributed by atoms with Gasteiger partial charge in [0.15, 0.2) is 0 Å². The molecule has 206 valence electrons. The van der Waals surface area contributed by atoms with Crippen molar-refractivity contribution in [1.82, 2.24) is 15.5 Å². The van der Waals surface area contributed by atoms with E-state index in [1.807, 2.05) is 13.0 Å². The maximum Gasteiger partial charge on any atom is 0.408 e. The maximum atomic E-state index is 13.9. The van der Waals surface area contributed by atoms with Gasteiger partial charge in [0.25, 0.3) is 0 Å². The van der Waals surface area contributed by atoms with Gasteiger partial charge in [-0.1, -0.05) is 38.3 Å². The number of nitrogens with zero attached hydrogens (tertiary/aromatic N) is 2. The summed E-state index contributed by atoms with van der Waals surface area (Å²) in [4.78, 5) is 52.7. The fraction of sp³-hybridized carbons (Fsp3) is 0.536. The SMILES string of the molecule is C#Cc1ccc(C(C(=O)NCCC(=O)OCC)N(CC#N)C(=O)C(NC(=O)OC(C)(C)C)C(C)CC)cc1. The second kappa shape index (κ2) is 15.3. The van der Waals surface area contributed by atoms with E-state index in [1.54, 1.807) is 58.9 Å². The van der Waals surface area contributed by atoms with Crippen molar-refractivity contribution in [2.24, 2.45) is 5.92 Å². The van der Waals surface area contributed by atoms with Gasteiger partial charge in [-0.25, -0.2) is 4.79 Å². The van der Waals surface area contributed by atoms with Crippen LogP contribution in [0.4, 0.5) is 4.79 Å². The lowest BCUT2D eigenvalue weighted by atomic mass is 9.95. The Hall–Kier alpha value is -4.05. The molecule has 0 aliphatic rings. The summed E-state index contributed by atoms with van der Waals surface area (Å²) in [7, 11) is 0. The van der Waals surface area contributed by atoms with Gasteiger partial charge in [0, 0.05) is 12.1 Å². The van der Waals surface area contributed by atoms with Gasteiger partial charge in [0.1, 0.15) is 24.2 Å². The van der Waals surface area contributed by atoms with Crippen molar-refractivity contribution >= 4 is 23.9 Å². The standard InChI is InChI=1S/C28H38N4O6/c1-8-19(4)23(31-27(36)38-28(5,6)7)26(35)32(18-16-29)24(21-13-11-20(9-2)12-14-21)25(34)30-17-15-22(33)37-10-3/h2,11-14,19,23-24H,8,10,15,17-18H2,1,3-7H3,(H,30,34)(H,31,36). The second-order valence-electron chi connectivity index (χ2n) is 9.65. The molecule has 10 nitrogen and oxygen atoms in total. The van der Waals surface area contributed by atoms with E-state index in [0.717, 1.165) is 4.90 Å². The molecular formula is C28H38N4O6. The molecular weight excluding hydrogens is 488 g/mol. The highest BCUT2D eigenvalue weighted by molar-refractivity contribution is 5.92. The average molecular weight is 527 g/mol. The Bertz CT molecular complexity index is 1050. The first-order valence-corrected chi connectivity index (χ1v) is 12.5. The number of rotatable bonds is 12. The van der Waals surface area contributed by atoms with Crippen LogP contribution in [0.1, 0.15) is 71.6 Å². The van der Waals surface area contributed by atoms with Crippen LogP contribution in [0.2, 0.25) is 0 Å². The number of ether oxygens (including phenoxy) is 2. The molecule has 0 saturated heterocycles. The molecule has 0 aliphatic carbocycles. The normalized spacial score (nSPS) is 13.1. The van der Waals surface area contributed by atoms with Gasteiger partial charge >= 0.3 is 12.1 Å². The molecule has 0 bridgehead atoms. The Morgan fingerprint density at radius 3 is 2.26 bits per heavy atom. The van der Waals surface area contributed by atoms with Gasteiger partial charge in [-0.05, 0) is 51.3 Å². The zero-order chi connectivity index (χ0) is 28.9. The molecule has 0 aromatic heterocycles. The second-order valence-corrected chi connectivity index (χ2v) is 9.65. The molecule has 1 rings (SSSR count). The Labute approximate surface area is 225 Å². The number of nitriles is 1. The first kappa shape index (κ1) is 32.0. The van der Waals surface area contributed by atoms with E-state index in [-0.39, 0.29) is 25.5 Å². The van der Waals surface area contributed by atoms with Crippen LogP contribution >= 0.6 is 0 Å². The van der Waals surface area contributed by atoms with Crippen molar-refractivity contribution in [1.29, 1.82) is 5.26 Å². The molecule has 3 unspecified atom stereocenters. The summed E-state index contributed by atoms with van der Waals surface area (Å²) in [6.45, 7) is 10.2. The summed E-state index contributed by atoms with van der Waals surface area (Å²) in [5, 5.41) is 14.9. The Morgan fingerprint density at radius 1 is 1.13 bits per heavy atom. The number of terminal acetylenes is 1. The minimum absolute atomic E-state index is 0.0316. The third kappa shape index (κ3) is 10.1. The zero-order valence-corrected chi connectivity index (χ0v) is 23.0. The van der Waals surface area contributed by atoms with Crippen LogP contribution < -0.4 is 10.6 Å². The summed E-state index contributed by atoms with van der Waals surface area (Å²) < 4.78 is 10.2. The summed E-state index contributed by atoms with van der Waals surface area (Å²) in [5.74, 6) is 0.441. The first-order chi connectivity index (χ1) is 17.9. The van der Waals surface area contributed by atoms with Crippen molar-refractivity contribution in [3.05, 3.63) is 35.4 Å². The fourth-order valence-corrected chi connectivity index (χ4v) is 3.52. The molecule has 3 amide bonds. The summed E-state index contributed by atoms with van der Waals surface area (Å²) in [6, 6.07) is 6.08. The summed E-state index contributed by atoms with van der Waals surface area (Å²) >= 11 is 0. The number of esters is 1. The van der Waals surface area contributed by atoms with Gasteiger partial charge in [-0.3, -0.25) is 14.4 Å². The third-order valence-electron chi connectivity index (χ3n) is 5.56. The van der Waals surface area contributed by atoms with Gasteiger partial charge in [0.2, 0.25) is 11.8 Å². The van der Waals surface area contributed by atoms with Crippen molar-refractivity contribution in [2.45, 2.75) is 72.1 Å². The molecule has 2 N–H and O–H groups in total. The molecule has 0 fully saturated rings. The van der Waals surface area contributed by atoms with E-state index in [0.29, 0.717) is 17.5 Å². The van der Waals surface area contributed by atoms with Crippen LogP contribution in [0.5, 0.6) is 0 Å². The predicted octanol–water partition coefficient (Wildman–Crippen LogP) is 3.07.